The molecule has 1 unspecified atom stereocenters. The van der Waals surface area contributed by atoms with Gasteiger partial charge >= 0.3 is 0 Å². The standard InChI is InChI=1S/C14H23NO2/c1-10(14(2,3)4)8-15-9-11-6-5-7-12(16)13(11)17/h5-7,10,15-17H,8-9H2,1-4H3. The zero-order valence-corrected chi connectivity index (χ0v) is 11.1. The summed E-state index contributed by atoms with van der Waals surface area (Å²) in [5.74, 6) is 0.457. The molecular formula is C14H23NO2. The number of phenolic OH excluding ortho intramolecular Hbond substituents is 2. The monoisotopic (exact) mass is 237 g/mol. The quantitative estimate of drug-likeness (QED) is 0.706. The molecule has 3 nitrogen and oxygen atoms in total. The van der Waals surface area contributed by atoms with Crippen LogP contribution in [0.4, 0.5) is 0 Å². The van der Waals surface area contributed by atoms with Gasteiger partial charge < -0.3 is 15.5 Å². The minimum Gasteiger partial charge on any atom is -0.504 e. The summed E-state index contributed by atoms with van der Waals surface area (Å²) in [5.41, 5.74) is 1.000. The van der Waals surface area contributed by atoms with Gasteiger partial charge in [0.2, 0.25) is 0 Å². The lowest BCUT2D eigenvalue weighted by atomic mass is 9.82. The number of benzene rings is 1. The molecule has 96 valence electrons. The molecule has 0 saturated carbocycles. The van der Waals surface area contributed by atoms with Crippen LogP contribution in [0.1, 0.15) is 33.3 Å². The van der Waals surface area contributed by atoms with Crippen molar-refractivity contribution in [3.8, 4) is 11.5 Å². The minimum atomic E-state index is -0.0619. The van der Waals surface area contributed by atoms with Gasteiger partial charge in [-0.3, -0.25) is 0 Å². The van der Waals surface area contributed by atoms with Gasteiger partial charge in [0.1, 0.15) is 0 Å². The lowest BCUT2D eigenvalue weighted by Gasteiger charge is -2.27. The lowest BCUT2D eigenvalue weighted by Crippen LogP contribution is -2.29. The highest BCUT2D eigenvalue weighted by atomic mass is 16.3. The summed E-state index contributed by atoms with van der Waals surface area (Å²) in [7, 11) is 0. The number of hydrogen-bond donors (Lipinski definition) is 3. The Kier molecular flexibility index (Phi) is 4.40. The Morgan fingerprint density at radius 3 is 2.47 bits per heavy atom. The Morgan fingerprint density at radius 1 is 1.24 bits per heavy atom. The topological polar surface area (TPSA) is 52.5 Å². The van der Waals surface area contributed by atoms with Gasteiger partial charge in [-0.15, -0.1) is 0 Å². The van der Waals surface area contributed by atoms with Crippen molar-refractivity contribution in [1.82, 2.24) is 5.32 Å². The SMILES string of the molecule is CC(CNCc1cccc(O)c1O)C(C)(C)C. The minimum absolute atomic E-state index is 0.0246. The molecule has 0 amide bonds. The zero-order valence-electron chi connectivity index (χ0n) is 11.1. The molecule has 3 heteroatoms. The van der Waals surface area contributed by atoms with Crippen LogP contribution in [0.2, 0.25) is 0 Å². The van der Waals surface area contributed by atoms with Crippen molar-refractivity contribution in [3.05, 3.63) is 23.8 Å². The van der Waals surface area contributed by atoms with Crippen LogP contribution in [0.5, 0.6) is 11.5 Å². The molecule has 0 fully saturated rings. The molecule has 0 bridgehead atoms. The Bertz CT molecular complexity index is 369. The highest BCUT2D eigenvalue weighted by Gasteiger charge is 2.19. The molecule has 0 aromatic heterocycles. The first-order valence-corrected chi connectivity index (χ1v) is 6.03. The molecule has 1 atom stereocenters. The van der Waals surface area contributed by atoms with Gasteiger partial charge in [-0.25, -0.2) is 0 Å². The maximum Gasteiger partial charge on any atom is 0.161 e. The van der Waals surface area contributed by atoms with Crippen LogP contribution in [-0.4, -0.2) is 16.8 Å². The van der Waals surface area contributed by atoms with Crippen LogP contribution in [-0.2, 0) is 6.54 Å². The average Bonchev–Trinajstić information content (AvgIpc) is 2.22. The first-order valence-electron chi connectivity index (χ1n) is 6.03. The molecule has 1 aromatic rings. The van der Waals surface area contributed by atoms with Gasteiger partial charge in [-0.2, -0.15) is 0 Å². The van der Waals surface area contributed by atoms with E-state index >= 15 is 0 Å². The average molecular weight is 237 g/mol. The second kappa shape index (κ2) is 5.41. The largest absolute Gasteiger partial charge is 0.504 e. The first-order chi connectivity index (χ1) is 7.82. The number of hydrogen-bond acceptors (Lipinski definition) is 3. The fraction of sp³-hybridized carbons (Fsp3) is 0.571. The summed E-state index contributed by atoms with van der Waals surface area (Å²) in [4.78, 5) is 0. The third-order valence-corrected chi connectivity index (χ3v) is 3.34. The Labute approximate surface area is 103 Å². The third-order valence-electron chi connectivity index (χ3n) is 3.34. The molecule has 1 rings (SSSR count). The summed E-state index contributed by atoms with van der Waals surface area (Å²) in [6.07, 6.45) is 0. The maximum atomic E-state index is 9.63. The van der Waals surface area contributed by atoms with E-state index in [4.69, 9.17) is 0 Å². The van der Waals surface area contributed by atoms with Crippen LogP contribution in [0.25, 0.3) is 0 Å². The molecule has 3 N–H and O–H groups in total. The van der Waals surface area contributed by atoms with E-state index in [2.05, 4.69) is 33.0 Å². The van der Waals surface area contributed by atoms with E-state index in [1.165, 1.54) is 6.07 Å². The molecule has 0 radical (unpaired) electrons. The van der Waals surface area contributed by atoms with E-state index in [1.54, 1.807) is 6.07 Å². The Hall–Kier alpha value is -1.22. The van der Waals surface area contributed by atoms with Gasteiger partial charge in [-0.05, 0) is 23.9 Å². The van der Waals surface area contributed by atoms with Crippen LogP contribution >= 0.6 is 0 Å². The normalized spacial score (nSPS) is 13.6. The summed E-state index contributed by atoms with van der Waals surface area (Å²) in [6.45, 7) is 10.3. The van der Waals surface area contributed by atoms with E-state index in [1.807, 2.05) is 6.07 Å². The van der Waals surface area contributed by atoms with E-state index in [-0.39, 0.29) is 16.9 Å². The van der Waals surface area contributed by atoms with Crippen LogP contribution in [0, 0.1) is 11.3 Å². The van der Waals surface area contributed by atoms with Crippen LogP contribution in [0.15, 0.2) is 18.2 Å². The van der Waals surface area contributed by atoms with Crippen molar-refractivity contribution >= 4 is 0 Å². The van der Waals surface area contributed by atoms with Gasteiger partial charge in [0, 0.05) is 12.1 Å². The van der Waals surface area contributed by atoms with E-state index in [0.29, 0.717) is 12.5 Å². The number of rotatable bonds is 4. The number of aromatic hydroxyl groups is 2. The van der Waals surface area contributed by atoms with Crippen molar-refractivity contribution in [1.29, 1.82) is 0 Å². The molecule has 0 aliphatic heterocycles. The highest BCUT2D eigenvalue weighted by Crippen LogP contribution is 2.28. The summed E-state index contributed by atoms with van der Waals surface area (Å²) in [6, 6.07) is 5.03. The molecule has 0 spiro atoms. The van der Waals surface area contributed by atoms with E-state index < -0.39 is 0 Å². The zero-order chi connectivity index (χ0) is 13.1. The molecule has 0 aliphatic carbocycles. The molecule has 1 aromatic carbocycles. The molecule has 17 heavy (non-hydrogen) atoms. The van der Waals surface area contributed by atoms with Crippen molar-refractivity contribution < 1.29 is 10.2 Å². The van der Waals surface area contributed by atoms with E-state index in [0.717, 1.165) is 12.1 Å². The molecule has 0 saturated heterocycles. The second-order valence-corrected chi connectivity index (χ2v) is 5.68. The van der Waals surface area contributed by atoms with Gasteiger partial charge in [0.15, 0.2) is 11.5 Å². The first kappa shape index (κ1) is 13.8. The van der Waals surface area contributed by atoms with Gasteiger partial charge in [0.25, 0.3) is 0 Å². The predicted molar refractivity (Wildman–Crippen MR) is 70.1 cm³/mol. The lowest BCUT2D eigenvalue weighted by molar-refractivity contribution is 0.252. The predicted octanol–water partition coefficient (Wildman–Crippen LogP) is 2.87. The Balaban J connectivity index is 2.49. The third kappa shape index (κ3) is 3.93. The second-order valence-electron chi connectivity index (χ2n) is 5.68. The van der Waals surface area contributed by atoms with Gasteiger partial charge in [-0.1, -0.05) is 39.8 Å². The summed E-state index contributed by atoms with van der Waals surface area (Å²) in [5, 5.41) is 22.3. The Morgan fingerprint density at radius 2 is 1.88 bits per heavy atom. The van der Waals surface area contributed by atoms with Crippen molar-refractivity contribution in [2.24, 2.45) is 11.3 Å². The number of para-hydroxylation sites is 1. The fourth-order valence-corrected chi connectivity index (χ4v) is 1.45. The summed E-state index contributed by atoms with van der Waals surface area (Å²) < 4.78 is 0. The van der Waals surface area contributed by atoms with E-state index in [9.17, 15) is 10.2 Å². The molecule has 0 aliphatic rings. The summed E-state index contributed by atoms with van der Waals surface area (Å²) >= 11 is 0. The fourth-order valence-electron chi connectivity index (χ4n) is 1.45. The number of nitrogens with one attached hydrogen (secondary N) is 1. The van der Waals surface area contributed by atoms with Crippen LogP contribution < -0.4 is 5.32 Å². The van der Waals surface area contributed by atoms with Crippen molar-refractivity contribution in [2.75, 3.05) is 6.54 Å². The highest BCUT2D eigenvalue weighted by molar-refractivity contribution is 5.44. The van der Waals surface area contributed by atoms with Crippen LogP contribution in [0.3, 0.4) is 0 Å². The van der Waals surface area contributed by atoms with Crippen molar-refractivity contribution in [3.63, 3.8) is 0 Å². The van der Waals surface area contributed by atoms with Gasteiger partial charge in [0.05, 0.1) is 0 Å². The maximum absolute atomic E-state index is 9.63. The number of phenols is 2. The smallest absolute Gasteiger partial charge is 0.161 e. The molecule has 0 heterocycles. The molecular weight excluding hydrogens is 214 g/mol. The van der Waals surface area contributed by atoms with Crippen molar-refractivity contribution in [2.45, 2.75) is 34.2 Å².